The molecule has 1 fully saturated rings. The van der Waals surface area contributed by atoms with Crippen LogP contribution in [-0.4, -0.2) is 34.4 Å². The summed E-state index contributed by atoms with van der Waals surface area (Å²) in [6, 6.07) is 9.03. The van der Waals surface area contributed by atoms with Crippen LogP contribution in [0.1, 0.15) is 42.5 Å². The Balaban J connectivity index is 1.86. The smallest absolute Gasteiger partial charge is 0.218 e. The van der Waals surface area contributed by atoms with Crippen LogP contribution in [0.2, 0.25) is 0 Å². The van der Waals surface area contributed by atoms with E-state index in [1.807, 2.05) is 37.3 Å². The third kappa shape index (κ3) is 3.20. The summed E-state index contributed by atoms with van der Waals surface area (Å²) in [4.78, 5) is 4.33. The maximum Gasteiger partial charge on any atom is 0.218 e. The molecule has 118 valence electrons. The molecule has 0 radical (unpaired) electrons. The summed E-state index contributed by atoms with van der Waals surface area (Å²) < 4.78 is 27.2. The van der Waals surface area contributed by atoms with Gasteiger partial charge in [-0.25, -0.2) is 13.4 Å². The van der Waals surface area contributed by atoms with Crippen molar-refractivity contribution in [2.45, 2.75) is 38.0 Å². The minimum atomic E-state index is -3.39. The second-order valence-electron chi connectivity index (χ2n) is 5.64. The summed E-state index contributed by atoms with van der Waals surface area (Å²) in [6.45, 7) is 2.36. The third-order valence-electron chi connectivity index (χ3n) is 3.92. The fraction of sp³-hybridized carbons (Fsp3) is 0.467. The lowest BCUT2D eigenvalue weighted by Crippen LogP contribution is -2.39. The maximum absolute atomic E-state index is 12.8. The van der Waals surface area contributed by atoms with Gasteiger partial charge in [0.05, 0.1) is 11.8 Å². The first-order valence-corrected chi connectivity index (χ1v) is 9.09. The van der Waals surface area contributed by atoms with Gasteiger partial charge in [-0.15, -0.1) is 0 Å². The van der Waals surface area contributed by atoms with Gasteiger partial charge in [0.1, 0.15) is 5.82 Å². The molecule has 7 heteroatoms. The Hall–Kier alpha value is -1.73. The molecule has 1 N–H and O–H groups in total. The average molecular weight is 320 g/mol. The summed E-state index contributed by atoms with van der Waals surface area (Å²) in [5.74, 6) is 1.31. The van der Waals surface area contributed by atoms with Gasteiger partial charge in [0.2, 0.25) is 10.0 Å². The van der Waals surface area contributed by atoms with Gasteiger partial charge in [0, 0.05) is 6.54 Å². The molecular formula is C15H20N4O2S. The van der Waals surface area contributed by atoms with Crippen LogP contribution in [0.5, 0.6) is 0 Å². The normalized spacial score (nSPS) is 20.1. The second kappa shape index (κ2) is 6.18. The van der Waals surface area contributed by atoms with Crippen LogP contribution in [0, 0.1) is 6.92 Å². The molecule has 0 saturated carbocycles. The Morgan fingerprint density at radius 1 is 1.27 bits per heavy atom. The van der Waals surface area contributed by atoms with Crippen LogP contribution in [0.25, 0.3) is 0 Å². The molecule has 22 heavy (non-hydrogen) atoms. The van der Waals surface area contributed by atoms with Crippen LogP contribution in [0.3, 0.4) is 0 Å². The highest BCUT2D eigenvalue weighted by atomic mass is 32.2. The average Bonchev–Trinajstić information content (AvgIpc) is 2.94. The van der Waals surface area contributed by atoms with Gasteiger partial charge >= 0.3 is 0 Å². The predicted molar refractivity (Wildman–Crippen MR) is 83.5 cm³/mol. The number of aromatic amines is 1. The largest absolute Gasteiger partial charge is 0.263 e. The third-order valence-corrected chi connectivity index (χ3v) is 5.77. The summed E-state index contributed by atoms with van der Waals surface area (Å²) >= 11 is 0. The number of hydrogen-bond acceptors (Lipinski definition) is 4. The highest BCUT2D eigenvalue weighted by molar-refractivity contribution is 7.88. The Bertz CT molecular complexity index is 727. The van der Waals surface area contributed by atoms with Crippen LogP contribution >= 0.6 is 0 Å². The van der Waals surface area contributed by atoms with E-state index >= 15 is 0 Å². The molecule has 2 aromatic rings. The fourth-order valence-corrected chi connectivity index (χ4v) is 4.65. The van der Waals surface area contributed by atoms with Crippen molar-refractivity contribution in [3.05, 3.63) is 47.5 Å². The molecule has 0 spiro atoms. The molecule has 1 saturated heterocycles. The molecule has 0 bridgehead atoms. The highest BCUT2D eigenvalue weighted by Gasteiger charge is 2.35. The summed E-state index contributed by atoms with van der Waals surface area (Å²) in [5, 5.41) is 6.97. The van der Waals surface area contributed by atoms with Crippen LogP contribution in [-0.2, 0) is 15.8 Å². The molecular weight excluding hydrogens is 300 g/mol. The number of nitrogens with one attached hydrogen (secondary N) is 1. The number of rotatable bonds is 4. The van der Waals surface area contributed by atoms with Crippen molar-refractivity contribution in [1.82, 2.24) is 19.5 Å². The van der Waals surface area contributed by atoms with E-state index in [0.29, 0.717) is 18.2 Å². The quantitative estimate of drug-likeness (QED) is 0.936. The lowest BCUT2D eigenvalue weighted by Gasteiger charge is -2.33. The lowest BCUT2D eigenvalue weighted by molar-refractivity contribution is 0.246. The first-order valence-electron chi connectivity index (χ1n) is 7.48. The monoisotopic (exact) mass is 320 g/mol. The number of aryl methyl sites for hydroxylation is 1. The highest BCUT2D eigenvalue weighted by Crippen LogP contribution is 2.32. The first-order chi connectivity index (χ1) is 10.6. The zero-order chi connectivity index (χ0) is 15.6. The van der Waals surface area contributed by atoms with Gasteiger partial charge in [0.15, 0.2) is 5.82 Å². The minimum Gasteiger partial charge on any atom is -0.263 e. The van der Waals surface area contributed by atoms with Gasteiger partial charge in [-0.05, 0) is 25.3 Å². The van der Waals surface area contributed by atoms with Crippen LogP contribution in [0.4, 0.5) is 0 Å². The minimum absolute atomic E-state index is 0.0216. The topological polar surface area (TPSA) is 79.0 Å². The van der Waals surface area contributed by atoms with Crippen LogP contribution in [0.15, 0.2) is 30.3 Å². The van der Waals surface area contributed by atoms with E-state index in [1.165, 1.54) is 0 Å². The molecule has 1 aliphatic heterocycles. The zero-order valence-corrected chi connectivity index (χ0v) is 13.4. The molecule has 1 unspecified atom stereocenters. The zero-order valence-electron chi connectivity index (χ0n) is 12.6. The fourth-order valence-electron chi connectivity index (χ4n) is 2.87. The number of hydrogen-bond donors (Lipinski definition) is 1. The van der Waals surface area contributed by atoms with E-state index in [9.17, 15) is 8.42 Å². The maximum atomic E-state index is 12.8. The SMILES string of the molecule is Cc1nc(C2CCCCN2S(=O)(=O)Cc2ccccc2)n[nH]1. The van der Waals surface area contributed by atoms with Gasteiger partial charge in [0.25, 0.3) is 0 Å². The Labute approximate surface area is 130 Å². The number of sulfonamides is 1. The molecule has 1 aromatic heterocycles. The standard InChI is InChI=1S/C15H20N4O2S/c1-12-16-15(18-17-12)14-9-5-6-10-19(14)22(20,21)11-13-7-3-2-4-8-13/h2-4,7-8,14H,5-6,9-11H2,1H3,(H,16,17,18). The summed E-state index contributed by atoms with van der Waals surface area (Å²) in [6.07, 6.45) is 2.65. The van der Waals surface area contributed by atoms with Crippen molar-refractivity contribution in [2.75, 3.05) is 6.54 Å². The van der Waals surface area contributed by atoms with E-state index in [4.69, 9.17) is 0 Å². The Morgan fingerprint density at radius 2 is 2.05 bits per heavy atom. The van der Waals surface area contributed by atoms with E-state index in [1.54, 1.807) is 4.31 Å². The van der Waals surface area contributed by atoms with Crippen molar-refractivity contribution in [3.63, 3.8) is 0 Å². The predicted octanol–water partition coefficient (Wildman–Crippen LogP) is 2.17. The molecule has 0 amide bonds. The number of H-pyrrole nitrogens is 1. The van der Waals surface area contributed by atoms with Gasteiger partial charge < -0.3 is 0 Å². The van der Waals surface area contributed by atoms with E-state index in [2.05, 4.69) is 15.2 Å². The summed E-state index contributed by atoms with van der Waals surface area (Å²) in [5.41, 5.74) is 0.804. The van der Waals surface area contributed by atoms with Crippen molar-refractivity contribution in [3.8, 4) is 0 Å². The van der Waals surface area contributed by atoms with E-state index in [0.717, 1.165) is 24.8 Å². The molecule has 2 heterocycles. The van der Waals surface area contributed by atoms with Crippen molar-refractivity contribution < 1.29 is 8.42 Å². The number of piperidine rings is 1. The molecule has 6 nitrogen and oxygen atoms in total. The summed E-state index contributed by atoms with van der Waals surface area (Å²) in [7, 11) is -3.39. The molecule has 0 aliphatic carbocycles. The van der Waals surface area contributed by atoms with Crippen LogP contribution < -0.4 is 0 Å². The van der Waals surface area contributed by atoms with Crippen molar-refractivity contribution in [2.24, 2.45) is 0 Å². The Morgan fingerprint density at radius 3 is 2.73 bits per heavy atom. The molecule has 1 atom stereocenters. The van der Waals surface area contributed by atoms with Crippen molar-refractivity contribution >= 4 is 10.0 Å². The van der Waals surface area contributed by atoms with E-state index < -0.39 is 10.0 Å². The second-order valence-corrected chi connectivity index (χ2v) is 7.56. The first kappa shape index (κ1) is 15.2. The lowest BCUT2D eigenvalue weighted by atomic mass is 10.0. The molecule has 1 aromatic carbocycles. The number of nitrogens with zero attached hydrogens (tertiary/aromatic N) is 3. The molecule has 1 aliphatic rings. The number of benzene rings is 1. The number of aromatic nitrogens is 3. The Kier molecular flexibility index (Phi) is 4.26. The van der Waals surface area contributed by atoms with E-state index in [-0.39, 0.29) is 11.8 Å². The molecule has 3 rings (SSSR count). The van der Waals surface area contributed by atoms with Gasteiger partial charge in [-0.2, -0.15) is 9.40 Å². The van der Waals surface area contributed by atoms with Crippen molar-refractivity contribution in [1.29, 1.82) is 0 Å². The van der Waals surface area contributed by atoms with Gasteiger partial charge in [-0.1, -0.05) is 36.8 Å². The van der Waals surface area contributed by atoms with Gasteiger partial charge in [-0.3, -0.25) is 5.10 Å².